The molecule has 0 saturated carbocycles. The molecule has 1 saturated heterocycles. The van der Waals surface area contributed by atoms with Crippen LogP contribution in [-0.2, 0) is 9.53 Å². The zero-order valence-electron chi connectivity index (χ0n) is 11.1. The summed E-state index contributed by atoms with van der Waals surface area (Å²) in [6.45, 7) is 7.63. The minimum atomic E-state index is -0.686. The van der Waals surface area contributed by atoms with Crippen molar-refractivity contribution < 1.29 is 19.7 Å². The zero-order chi connectivity index (χ0) is 13.9. The van der Waals surface area contributed by atoms with E-state index in [2.05, 4.69) is 6.58 Å². The van der Waals surface area contributed by atoms with E-state index in [9.17, 15) is 15.0 Å². The topological polar surface area (TPSA) is 66.8 Å². The Bertz CT molecular complexity index is 540. The Morgan fingerprint density at radius 2 is 1.79 bits per heavy atom. The Morgan fingerprint density at radius 3 is 2.47 bits per heavy atom. The van der Waals surface area contributed by atoms with Crippen LogP contribution in [-0.4, -0.2) is 34.5 Å². The maximum Gasteiger partial charge on any atom is 0.334 e. The van der Waals surface area contributed by atoms with Crippen molar-refractivity contribution >= 4 is 5.97 Å². The van der Waals surface area contributed by atoms with E-state index in [0.717, 1.165) is 22.3 Å². The van der Waals surface area contributed by atoms with E-state index in [1.165, 1.54) is 0 Å². The molecule has 0 aromatic heterocycles. The second-order valence-electron chi connectivity index (χ2n) is 5.76. The first-order chi connectivity index (χ1) is 8.91. The van der Waals surface area contributed by atoms with Gasteiger partial charge in [-0.25, -0.2) is 4.79 Å². The lowest BCUT2D eigenvalue weighted by Crippen LogP contribution is -2.29. The molecule has 4 unspecified atom stereocenters. The molecule has 2 aliphatic carbocycles. The van der Waals surface area contributed by atoms with Gasteiger partial charge in [-0.05, 0) is 37.8 Å². The van der Waals surface area contributed by atoms with Gasteiger partial charge in [-0.1, -0.05) is 17.7 Å². The second-order valence-corrected chi connectivity index (χ2v) is 5.76. The molecule has 1 fully saturated rings. The monoisotopic (exact) mass is 262 g/mol. The average molecular weight is 262 g/mol. The lowest BCUT2D eigenvalue weighted by molar-refractivity contribution is -0.137. The van der Waals surface area contributed by atoms with Gasteiger partial charge in [0, 0.05) is 5.57 Å². The van der Waals surface area contributed by atoms with Crippen LogP contribution in [0.25, 0.3) is 0 Å². The second kappa shape index (κ2) is 4.05. The number of aliphatic hydroxyl groups is 2. The van der Waals surface area contributed by atoms with Crippen molar-refractivity contribution in [1.29, 1.82) is 0 Å². The summed E-state index contributed by atoms with van der Waals surface area (Å²) in [7, 11) is 0. The number of hydrogen-bond donors (Lipinski definition) is 2. The molecule has 0 aromatic rings. The van der Waals surface area contributed by atoms with Crippen LogP contribution in [0.1, 0.15) is 26.7 Å². The number of esters is 1. The number of carbonyl (C=O) groups excluding carboxylic acids is 1. The summed E-state index contributed by atoms with van der Waals surface area (Å²) in [5.41, 5.74) is 4.11. The van der Waals surface area contributed by atoms with E-state index in [-0.39, 0.29) is 0 Å². The van der Waals surface area contributed by atoms with Gasteiger partial charge in [0.25, 0.3) is 0 Å². The van der Waals surface area contributed by atoms with Crippen LogP contribution in [0.3, 0.4) is 0 Å². The summed E-state index contributed by atoms with van der Waals surface area (Å²) >= 11 is 0. The highest BCUT2D eigenvalue weighted by atomic mass is 16.6. The van der Waals surface area contributed by atoms with E-state index < -0.39 is 30.2 Å². The van der Waals surface area contributed by atoms with Gasteiger partial charge in [-0.2, -0.15) is 0 Å². The van der Waals surface area contributed by atoms with E-state index >= 15 is 0 Å². The van der Waals surface area contributed by atoms with Gasteiger partial charge in [0.1, 0.15) is 6.10 Å². The Labute approximate surface area is 112 Å². The Balaban J connectivity index is 2.16. The molecule has 4 heteroatoms. The Hall–Kier alpha value is -1.39. The zero-order valence-corrected chi connectivity index (χ0v) is 11.1. The smallest absolute Gasteiger partial charge is 0.334 e. The van der Waals surface area contributed by atoms with E-state index in [1.807, 2.05) is 13.8 Å². The highest BCUT2D eigenvalue weighted by molar-refractivity contribution is 5.91. The van der Waals surface area contributed by atoms with Crippen molar-refractivity contribution in [3.63, 3.8) is 0 Å². The van der Waals surface area contributed by atoms with Gasteiger partial charge >= 0.3 is 5.97 Å². The van der Waals surface area contributed by atoms with Gasteiger partial charge in [0.15, 0.2) is 0 Å². The molecule has 1 heterocycles. The first-order valence-corrected chi connectivity index (χ1v) is 6.57. The molecule has 4 nitrogen and oxygen atoms in total. The maximum atomic E-state index is 11.7. The van der Waals surface area contributed by atoms with E-state index in [0.29, 0.717) is 18.4 Å². The van der Waals surface area contributed by atoms with Gasteiger partial charge in [0.05, 0.1) is 18.1 Å². The molecular weight excluding hydrogens is 244 g/mol. The normalized spacial score (nSPS) is 38.3. The Morgan fingerprint density at radius 1 is 1.16 bits per heavy atom. The van der Waals surface area contributed by atoms with Crippen LogP contribution < -0.4 is 0 Å². The average Bonchev–Trinajstić information content (AvgIpc) is 2.72. The van der Waals surface area contributed by atoms with Crippen molar-refractivity contribution in [3.8, 4) is 0 Å². The van der Waals surface area contributed by atoms with Crippen LogP contribution in [0.2, 0.25) is 0 Å². The van der Waals surface area contributed by atoms with Crippen molar-refractivity contribution in [2.75, 3.05) is 0 Å². The number of aliphatic hydroxyl groups excluding tert-OH is 2. The summed E-state index contributed by atoms with van der Waals surface area (Å²) in [4.78, 5) is 11.7. The summed E-state index contributed by atoms with van der Waals surface area (Å²) in [5.74, 6) is -0.829. The fourth-order valence-electron chi connectivity index (χ4n) is 3.63. The van der Waals surface area contributed by atoms with Crippen LogP contribution >= 0.6 is 0 Å². The summed E-state index contributed by atoms with van der Waals surface area (Å²) in [6, 6.07) is 0. The van der Waals surface area contributed by atoms with Gasteiger partial charge in [-0.3, -0.25) is 0 Å². The predicted molar refractivity (Wildman–Crippen MR) is 69.2 cm³/mol. The molecular formula is C15H18O4. The first kappa shape index (κ1) is 12.6. The van der Waals surface area contributed by atoms with Gasteiger partial charge < -0.3 is 14.9 Å². The quantitative estimate of drug-likeness (QED) is 0.509. The number of fused-ring (bicyclic) bond motifs is 3. The molecule has 4 atom stereocenters. The number of hydrogen-bond acceptors (Lipinski definition) is 4. The highest BCUT2D eigenvalue weighted by Gasteiger charge is 2.50. The third-order valence-electron chi connectivity index (χ3n) is 4.48. The predicted octanol–water partition coefficient (Wildman–Crippen LogP) is 1.25. The molecule has 0 amide bonds. The van der Waals surface area contributed by atoms with Crippen molar-refractivity contribution in [2.45, 2.75) is 45.0 Å². The molecule has 3 rings (SSSR count). The van der Waals surface area contributed by atoms with Crippen LogP contribution in [0.4, 0.5) is 0 Å². The minimum absolute atomic E-state index is 0.341. The maximum absolute atomic E-state index is 11.7. The summed E-state index contributed by atoms with van der Waals surface area (Å²) in [5, 5.41) is 20.5. The molecule has 19 heavy (non-hydrogen) atoms. The minimum Gasteiger partial charge on any atom is -0.453 e. The fourth-order valence-corrected chi connectivity index (χ4v) is 3.63. The van der Waals surface area contributed by atoms with Crippen LogP contribution in [0.5, 0.6) is 0 Å². The lowest BCUT2D eigenvalue weighted by Gasteiger charge is -2.21. The van der Waals surface area contributed by atoms with E-state index in [1.54, 1.807) is 0 Å². The van der Waals surface area contributed by atoms with Gasteiger partial charge in [0.2, 0.25) is 0 Å². The van der Waals surface area contributed by atoms with Crippen molar-refractivity contribution in [2.24, 2.45) is 5.92 Å². The SMILES string of the molecule is C=C1C(=O)OC2C3=C(C)CC(O)C3=C(C)CC(O)C12. The molecule has 0 bridgehead atoms. The number of carbonyl (C=O) groups is 1. The molecule has 102 valence electrons. The third kappa shape index (κ3) is 1.63. The number of ether oxygens (including phenoxy) is 1. The molecule has 0 aromatic carbocycles. The van der Waals surface area contributed by atoms with E-state index in [4.69, 9.17) is 4.74 Å². The third-order valence-corrected chi connectivity index (χ3v) is 4.48. The molecule has 0 spiro atoms. The lowest BCUT2D eigenvalue weighted by atomic mass is 9.86. The highest BCUT2D eigenvalue weighted by Crippen LogP contribution is 2.47. The van der Waals surface area contributed by atoms with Crippen LogP contribution in [0.15, 0.2) is 34.4 Å². The number of rotatable bonds is 0. The Kier molecular flexibility index (Phi) is 2.69. The first-order valence-electron chi connectivity index (χ1n) is 6.57. The molecule has 1 aliphatic heterocycles. The largest absolute Gasteiger partial charge is 0.453 e. The van der Waals surface area contributed by atoms with Crippen molar-refractivity contribution in [3.05, 3.63) is 34.4 Å². The summed E-state index contributed by atoms with van der Waals surface area (Å²) < 4.78 is 5.41. The van der Waals surface area contributed by atoms with Crippen LogP contribution in [0, 0.1) is 5.92 Å². The molecule has 2 N–H and O–H groups in total. The standard InChI is InChI=1S/C15H18O4/c1-6-4-10(17)13-8(3)15(18)19-14(13)12-7(2)5-9(16)11(6)12/h9-10,13-14,16-17H,3-5H2,1-2H3. The molecule has 0 radical (unpaired) electrons. The van der Waals surface area contributed by atoms with Gasteiger partial charge in [-0.15, -0.1) is 0 Å². The summed E-state index contributed by atoms with van der Waals surface area (Å²) in [6.07, 6.45) is -0.701. The van der Waals surface area contributed by atoms with Crippen molar-refractivity contribution in [1.82, 2.24) is 0 Å². The molecule has 3 aliphatic rings. The fraction of sp³-hybridized carbons (Fsp3) is 0.533.